The summed E-state index contributed by atoms with van der Waals surface area (Å²) in [6, 6.07) is 0. The number of halogens is 1. The zero-order valence-electron chi connectivity index (χ0n) is 11.5. The van der Waals surface area contributed by atoms with Gasteiger partial charge in [0.2, 0.25) is 0 Å². The van der Waals surface area contributed by atoms with E-state index in [1.165, 1.54) is 0 Å². The summed E-state index contributed by atoms with van der Waals surface area (Å²) in [6.45, 7) is 10.7. The summed E-state index contributed by atoms with van der Waals surface area (Å²) >= 11 is 6.24. The molecule has 1 rings (SSSR count). The van der Waals surface area contributed by atoms with Gasteiger partial charge >= 0.3 is 0 Å². The first-order valence-corrected chi connectivity index (χ1v) is 6.68. The highest BCUT2D eigenvalue weighted by molar-refractivity contribution is 6.31. The molecule has 0 fully saturated rings. The molecule has 0 aliphatic rings. The maximum atomic E-state index is 6.24. The van der Waals surface area contributed by atoms with Crippen LogP contribution in [0.3, 0.4) is 0 Å². The van der Waals surface area contributed by atoms with Crippen molar-refractivity contribution in [2.45, 2.75) is 34.1 Å². The molecule has 3 nitrogen and oxygen atoms in total. The first-order valence-electron chi connectivity index (χ1n) is 6.30. The van der Waals surface area contributed by atoms with Crippen LogP contribution >= 0.6 is 11.6 Å². The third-order valence-electron chi connectivity index (χ3n) is 2.85. The van der Waals surface area contributed by atoms with Crippen LogP contribution in [0, 0.1) is 18.8 Å². The Morgan fingerprint density at radius 3 is 2.41 bits per heavy atom. The van der Waals surface area contributed by atoms with Crippen molar-refractivity contribution in [3.05, 3.63) is 16.4 Å². The van der Waals surface area contributed by atoms with Gasteiger partial charge < -0.3 is 5.32 Å². The van der Waals surface area contributed by atoms with E-state index >= 15 is 0 Å². The van der Waals surface area contributed by atoms with Crippen LogP contribution in [-0.4, -0.2) is 22.9 Å². The van der Waals surface area contributed by atoms with Gasteiger partial charge in [0.15, 0.2) is 0 Å². The van der Waals surface area contributed by atoms with Gasteiger partial charge in [0.25, 0.3) is 0 Å². The zero-order chi connectivity index (χ0) is 13.0. The molecule has 1 atom stereocenters. The molecule has 17 heavy (non-hydrogen) atoms. The summed E-state index contributed by atoms with van der Waals surface area (Å²) in [5, 5.41) is 8.64. The minimum absolute atomic E-state index is 0.570. The highest BCUT2D eigenvalue weighted by Gasteiger charge is 2.14. The van der Waals surface area contributed by atoms with Gasteiger partial charge in [-0.1, -0.05) is 32.4 Å². The summed E-state index contributed by atoms with van der Waals surface area (Å²) in [5.41, 5.74) is 2.06. The van der Waals surface area contributed by atoms with Crippen molar-refractivity contribution in [1.82, 2.24) is 15.1 Å². The molecule has 0 amide bonds. The molecule has 0 radical (unpaired) electrons. The number of nitrogens with one attached hydrogen (secondary N) is 1. The fourth-order valence-electron chi connectivity index (χ4n) is 1.92. The largest absolute Gasteiger partial charge is 0.316 e. The van der Waals surface area contributed by atoms with Crippen LogP contribution in [0.5, 0.6) is 0 Å². The van der Waals surface area contributed by atoms with Gasteiger partial charge in [0.1, 0.15) is 0 Å². The Hall–Kier alpha value is -0.540. The monoisotopic (exact) mass is 257 g/mol. The van der Waals surface area contributed by atoms with Crippen LogP contribution in [0.4, 0.5) is 0 Å². The quantitative estimate of drug-likeness (QED) is 0.849. The first kappa shape index (κ1) is 14.5. The van der Waals surface area contributed by atoms with Gasteiger partial charge in [-0.15, -0.1) is 0 Å². The van der Waals surface area contributed by atoms with Crippen molar-refractivity contribution >= 4 is 11.6 Å². The van der Waals surface area contributed by atoms with Gasteiger partial charge in [-0.05, 0) is 38.3 Å². The van der Waals surface area contributed by atoms with Crippen molar-refractivity contribution in [2.75, 3.05) is 13.1 Å². The summed E-state index contributed by atoms with van der Waals surface area (Å²) in [4.78, 5) is 0. The maximum Gasteiger partial charge on any atom is 0.0847 e. The predicted molar refractivity (Wildman–Crippen MR) is 73.5 cm³/mol. The van der Waals surface area contributed by atoms with Crippen molar-refractivity contribution < 1.29 is 0 Å². The normalized spacial score (nSPS) is 13.4. The average molecular weight is 258 g/mol. The lowest BCUT2D eigenvalue weighted by molar-refractivity contribution is 0.464. The molecule has 1 N–H and O–H groups in total. The van der Waals surface area contributed by atoms with E-state index in [-0.39, 0.29) is 0 Å². The molecule has 0 spiro atoms. The van der Waals surface area contributed by atoms with Crippen molar-refractivity contribution in [1.29, 1.82) is 0 Å². The van der Waals surface area contributed by atoms with E-state index in [2.05, 4.69) is 31.2 Å². The second-order valence-electron chi connectivity index (χ2n) is 5.33. The molecule has 4 heteroatoms. The van der Waals surface area contributed by atoms with E-state index in [1.807, 2.05) is 18.7 Å². The molecule has 98 valence electrons. The molecule has 0 aromatic carbocycles. The fourth-order valence-corrected chi connectivity index (χ4v) is 2.16. The SMILES string of the molecule is Cc1nn(C)c(CC(C)CNCC(C)C)c1Cl. The van der Waals surface area contributed by atoms with Gasteiger partial charge in [0, 0.05) is 7.05 Å². The maximum absolute atomic E-state index is 6.24. The molecule has 1 unspecified atom stereocenters. The van der Waals surface area contributed by atoms with Crippen molar-refractivity contribution in [2.24, 2.45) is 18.9 Å². The first-order chi connectivity index (χ1) is 7.91. The topological polar surface area (TPSA) is 29.9 Å². The van der Waals surface area contributed by atoms with Crippen LogP contribution in [0.25, 0.3) is 0 Å². The number of nitrogens with zero attached hydrogens (tertiary/aromatic N) is 2. The highest BCUT2D eigenvalue weighted by Crippen LogP contribution is 2.21. The van der Waals surface area contributed by atoms with E-state index in [0.29, 0.717) is 11.8 Å². The molecule has 0 saturated carbocycles. The molecule has 1 aromatic rings. The Bertz CT molecular complexity index is 358. The second-order valence-corrected chi connectivity index (χ2v) is 5.71. The molecule has 1 heterocycles. The Balaban J connectivity index is 2.47. The van der Waals surface area contributed by atoms with E-state index in [4.69, 9.17) is 11.6 Å². The van der Waals surface area contributed by atoms with E-state index in [1.54, 1.807) is 0 Å². The lowest BCUT2D eigenvalue weighted by Gasteiger charge is -2.14. The Kier molecular flexibility index (Phi) is 5.47. The molecular weight excluding hydrogens is 234 g/mol. The third kappa shape index (κ3) is 4.32. The molecule has 1 aromatic heterocycles. The minimum atomic E-state index is 0.570. The Labute approximate surface area is 110 Å². The van der Waals surface area contributed by atoms with Gasteiger partial charge in [-0.25, -0.2) is 0 Å². The Morgan fingerprint density at radius 2 is 1.94 bits per heavy atom. The molecule has 0 aliphatic heterocycles. The summed E-state index contributed by atoms with van der Waals surface area (Å²) in [6.07, 6.45) is 0.973. The minimum Gasteiger partial charge on any atom is -0.316 e. The average Bonchev–Trinajstić information content (AvgIpc) is 2.44. The van der Waals surface area contributed by atoms with Crippen molar-refractivity contribution in [3.8, 4) is 0 Å². The third-order valence-corrected chi connectivity index (χ3v) is 3.34. The number of aryl methyl sites for hydroxylation is 2. The van der Waals surface area contributed by atoms with Crippen LogP contribution in [-0.2, 0) is 13.5 Å². The van der Waals surface area contributed by atoms with E-state index in [9.17, 15) is 0 Å². The van der Waals surface area contributed by atoms with E-state index in [0.717, 1.165) is 35.9 Å². The lowest BCUT2D eigenvalue weighted by Crippen LogP contribution is -2.26. The van der Waals surface area contributed by atoms with E-state index < -0.39 is 0 Å². The van der Waals surface area contributed by atoms with Crippen LogP contribution in [0.1, 0.15) is 32.2 Å². The Morgan fingerprint density at radius 1 is 1.29 bits per heavy atom. The highest BCUT2D eigenvalue weighted by atomic mass is 35.5. The van der Waals surface area contributed by atoms with Crippen LogP contribution in [0.15, 0.2) is 0 Å². The second kappa shape index (κ2) is 6.41. The number of aromatic nitrogens is 2. The lowest BCUT2D eigenvalue weighted by atomic mass is 10.0. The van der Waals surface area contributed by atoms with Gasteiger partial charge in [0.05, 0.1) is 16.4 Å². The summed E-state index contributed by atoms with van der Waals surface area (Å²) < 4.78 is 1.90. The zero-order valence-corrected chi connectivity index (χ0v) is 12.3. The summed E-state index contributed by atoms with van der Waals surface area (Å²) in [7, 11) is 1.96. The van der Waals surface area contributed by atoms with Gasteiger partial charge in [-0.3, -0.25) is 4.68 Å². The molecular formula is C13H24ClN3. The summed E-state index contributed by atoms with van der Waals surface area (Å²) in [5.74, 6) is 1.27. The standard InChI is InChI=1S/C13H24ClN3/c1-9(2)7-15-8-10(3)6-12-13(14)11(4)16-17(12)5/h9-10,15H,6-8H2,1-5H3. The predicted octanol–water partition coefficient (Wildman–Crippen LogP) is 2.81. The smallest absolute Gasteiger partial charge is 0.0847 e. The molecule has 0 aliphatic carbocycles. The molecule has 0 bridgehead atoms. The van der Waals surface area contributed by atoms with Crippen LogP contribution < -0.4 is 5.32 Å². The number of hydrogen-bond acceptors (Lipinski definition) is 2. The fraction of sp³-hybridized carbons (Fsp3) is 0.769. The number of rotatable bonds is 6. The van der Waals surface area contributed by atoms with Gasteiger partial charge in [-0.2, -0.15) is 5.10 Å². The number of hydrogen-bond donors (Lipinski definition) is 1. The van der Waals surface area contributed by atoms with Crippen molar-refractivity contribution in [3.63, 3.8) is 0 Å². The van der Waals surface area contributed by atoms with Crippen LogP contribution in [0.2, 0.25) is 5.02 Å². The molecule has 0 saturated heterocycles.